The molecule has 0 atom stereocenters. The largest absolute Gasteiger partial charge is 0.385 e. The summed E-state index contributed by atoms with van der Waals surface area (Å²) in [6, 6.07) is 5.62. The first kappa shape index (κ1) is 18.1. The second-order valence-corrected chi connectivity index (χ2v) is 6.66. The van der Waals surface area contributed by atoms with E-state index < -0.39 is 10.0 Å². The highest BCUT2D eigenvalue weighted by Crippen LogP contribution is 2.18. The van der Waals surface area contributed by atoms with E-state index in [2.05, 4.69) is 10.0 Å². The minimum Gasteiger partial charge on any atom is -0.385 e. The highest BCUT2D eigenvalue weighted by Gasteiger charge is 2.17. The van der Waals surface area contributed by atoms with Crippen LogP contribution in [0.5, 0.6) is 0 Å². The van der Waals surface area contributed by atoms with Crippen LogP contribution in [-0.2, 0) is 27.7 Å². The Labute approximate surface area is 128 Å². The molecule has 1 aromatic carbocycles. The maximum atomic E-state index is 12.4. The monoisotopic (exact) mass is 314 g/mol. The molecule has 0 heterocycles. The Hall–Kier alpha value is -0.950. The van der Waals surface area contributed by atoms with E-state index in [1.807, 2.05) is 26.1 Å². The maximum absolute atomic E-state index is 12.4. The van der Waals surface area contributed by atoms with Gasteiger partial charge in [0.2, 0.25) is 10.0 Å². The lowest BCUT2D eigenvalue weighted by molar-refractivity contribution is 0.193. The third kappa shape index (κ3) is 5.74. The van der Waals surface area contributed by atoms with Crippen LogP contribution in [0.4, 0.5) is 0 Å². The molecule has 0 radical (unpaired) electrons. The van der Waals surface area contributed by atoms with Crippen LogP contribution in [0.3, 0.4) is 0 Å². The summed E-state index contributed by atoms with van der Waals surface area (Å²) >= 11 is 0. The molecule has 0 saturated carbocycles. The van der Waals surface area contributed by atoms with Gasteiger partial charge in [0.25, 0.3) is 0 Å². The third-order valence-corrected chi connectivity index (χ3v) is 4.79. The number of ether oxygens (including phenoxy) is 1. The van der Waals surface area contributed by atoms with Gasteiger partial charge >= 0.3 is 0 Å². The fourth-order valence-electron chi connectivity index (χ4n) is 2.11. The predicted molar refractivity (Wildman–Crippen MR) is 84.9 cm³/mol. The molecule has 0 aliphatic heterocycles. The highest BCUT2D eigenvalue weighted by molar-refractivity contribution is 7.89. The molecule has 0 fully saturated rings. The summed E-state index contributed by atoms with van der Waals surface area (Å²) in [6.07, 6.45) is 2.31. The second-order valence-electron chi connectivity index (χ2n) is 4.92. The van der Waals surface area contributed by atoms with E-state index in [-0.39, 0.29) is 0 Å². The van der Waals surface area contributed by atoms with Gasteiger partial charge in [0, 0.05) is 26.8 Å². The number of unbranched alkanes of at least 4 members (excludes halogenated alkanes) is 1. The van der Waals surface area contributed by atoms with Crippen LogP contribution in [0.1, 0.15) is 30.9 Å². The number of nitrogens with one attached hydrogen (secondary N) is 2. The Bertz CT molecular complexity index is 530. The van der Waals surface area contributed by atoms with Crippen LogP contribution in [0.15, 0.2) is 23.1 Å². The highest BCUT2D eigenvalue weighted by atomic mass is 32.2. The molecule has 1 aromatic rings. The molecular weight excluding hydrogens is 288 g/mol. The number of sulfonamides is 1. The summed E-state index contributed by atoms with van der Waals surface area (Å²) in [6.45, 7) is 3.70. The molecule has 0 amide bonds. The third-order valence-electron chi connectivity index (χ3n) is 3.25. The van der Waals surface area contributed by atoms with Crippen molar-refractivity contribution < 1.29 is 13.2 Å². The van der Waals surface area contributed by atoms with Crippen molar-refractivity contribution in [3.8, 4) is 0 Å². The molecule has 0 spiro atoms. The molecule has 5 nitrogen and oxygen atoms in total. The van der Waals surface area contributed by atoms with Crippen LogP contribution >= 0.6 is 0 Å². The normalized spacial score (nSPS) is 11.8. The van der Waals surface area contributed by atoms with Crippen LogP contribution in [0, 0.1) is 0 Å². The summed E-state index contributed by atoms with van der Waals surface area (Å²) in [5.74, 6) is 0. The van der Waals surface area contributed by atoms with E-state index in [4.69, 9.17) is 4.74 Å². The van der Waals surface area contributed by atoms with E-state index in [1.165, 1.54) is 0 Å². The smallest absolute Gasteiger partial charge is 0.240 e. The lowest BCUT2D eigenvalue weighted by Gasteiger charge is -2.12. The average Bonchev–Trinajstić information content (AvgIpc) is 2.47. The lowest BCUT2D eigenvalue weighted by Crippen LogP contribution is -2.26. The first-order valence-electron chi connectivity index (χ1n) is 7.30. The van der Waals surface area contributed by atoms with E-state index in [0.29, 0.717) is 31.0 Å². The van der Waals surface area contributed by atoms with Crippen LogP contribution < -0.4 is 10.0 Å². The van der Waals surface area contributed by atoms with Crippen molar-refractivity contribution in [3.05, 3.63) is 29.3 Å². The van der Waals surface area contributed by atoms with E-state index in [0.717, 1.165) is 24.0 Å². The number of rotatable bonds is 10. The zero-order valence-electron chi connectivity index (χ0n) is 13.1. The fourth-order valence-corrected chi connectivity index (χ4v) is 3.54. The van der Waals surface area contributed by atoms with Crippen LogP contribution in [0.25, 0.3) is 0 Å². The van der Waals surface area contributed by atoms with Crippen LogP contribution in [-0.4, -0.2) is 35.7 Å². The second kappa shape index (κ2) is 9.15. The summed E-state index contributed by atoms with van der Waals surface area (Å²) in [4.78, 5) is 0.393. The van der Waals surface area contributed by atoms with Crippen LogP contribution in [0.2, 0.25) is 0 Å². The van der Waals surface area contributed by atoms with Crippen molar-refractivity contribution in [2.24, 2.45) is 0 Å². The van der Waals surface area contributed by atoms with Gasteiger partial charge in [-0.15, -0.1) is 0 Å². The van der Waals surface area contributed by atoms with Crippen molar-refractivity contribution in [3.63, 3.8) is 0 Å². The Kier molecular flexibility index (Phi) is 7.88. The molecule has 0 aliphatic carbocycles. The van der Waals surface area contributed by atoms with Crippen molar-refractivity contribution in [2.75, 3.05) is 27.3 Å². The van der Waals surface area contributed by atoms with Gasteiger partial charge in [-0.05, 0) is 43.5 Å². The molecule has 2 N–H and O–H groups in total. The lowest BCUT2D eigenvalue weighted by atomic mass is 10.1. The molecule has 0 aliphatic rings. The Morgan fingerprint density at radius 3 is 2.62 bits per heavy atom. The van der Waals surface area contributed by atoms with Gasteiger partial charge in [-0.1, -0.05) is 19.1 Å². The first-order valence-corrected chi connectivity index (χ1v) is 8.78. The van der Waals surface area contributed by atoms with E-state index in [9.17, 15) is 8.42 Å². The standard InChI is InChI=1S/C15H26N2O3S/c1-4-14-8-7-13(12-16-2)11-15(14)21(18,19)17-9-5-6-10-20-3/h7-8,11,16-17H,4-6,9-10,12H2,1-3H3. The average molecular weight is 314 g/mol. The molecule has 6 heteroatoms. The number of hydrogen-bond donors (Lipinski definition) is 2. The van der Waals surface area contributed by atoms with Gasteiger partial charge in [-0.25, -0.2) is 13.1 Å². The van der Waals surface area contributed by atoms with Gasteiger partial charge < -0.3 is 10.1 Å². The zero-order chi connectivity index (χ0) is 15.7. The zero-order valence-corrected chi connectivity index (χ0v) is 13.9. The van der Waals surface area contributed by atoms with E-state index in [1.54, 1.807) is 13.2 Å². The molecule has 0 unspecified atom stereocenters. The van der Waals surface area contributed by atoms with Gasteiger partial charge in [-0.3, -0.25) is 0 Å². The molecule has 0 aromatic heterocycles. The Morgan fingerprint density at radius 1 is 1.24 bits per heavy atom. The minimum absolute atomic E-state index is 0.393. The summed E-state index contributed by atoms with van der Waals surface area (Å²) < 4.78 is 32.5. The Balaban J connectivity index is 2.82. The number of hydrogen-bond acceptors (Lipinski definition) is 4. The van der Waals surface area contributed by atoms with Gasteiger partial charge in [0.15, 0.2) is 0 Å². The first-order chi connectivity index (χ1) is 10.0. The van der Waals surface area contributed by atoms with E-state index >= 15 is 0 Å². The Morgan fingerprint density at radius 2 is 2.00 bits per heavy atom. The number of aryl methyl sites for hydroxylation is 1. The maximum Gasteiger partial charge on any atom is 0.240 e. The number of benzene rings is 1. The molecule has 0 bridgehead atoms. The van der Waals surface area contributed by atoms with Crippen molar-refractivity contribution in [2.45, 2.75) is 37.6 Å². The van der Waals surface area contributed by atoms with Gasteiger partial charge in [0.05, 0.1) is 4.90 Å². The molecule has 120 valence electrons. The fraction of sp³-hybridized carbons (Fsp3) is 0.600. The van der Waals surface area contributed by atoms with Crippen molar-refractivity contribution >= 4 is 10.0 Å². The summed E-state index contributed by atoms with van der Waals surface area (Å²) in [5.41, 5.74) is 1.81. The predicted octanol–water partition coefficient (Wildman–Crippen LogP) is 1.67. The quantitative estimate of drug-likeness (QED) is 0.645. The summed E-state index contributed by atoms with van der Waals surface area (Å²) in [5, 5.41) is 3.04. The topological polar surface area (TPSA) is 67.4 Å². The number of methoxy groups -OCH3 is 1. The van der Waals surface area contributed by atoms with Crippen molar-refractivity contribution in [1.82, 2.24) is 10.0 Å². The molecule has 1 rings (SSSR count). The minimum atomic E-state index is -3.45. The molecule has 21 heavy (non-hydrogen) atoms. The van der Waals surface area contributed by atoms with Crippen molar-refractivity contribution in [1.29, 1.82) is 0 Å². The van der Waals surface area contributed by atoms with Gasteiger partial charge in [-0.2, -0.15) is 0 Å². The SMILES string of the molecule is CCc1ccc(CNC)cc1S(=O)(=O)NCCCCOC. The molecule has 0 saturated heterocycles. The summed E-state index contributed by atoms with van der Waals surface area (Å²) in [7, 11) is 0.0374. The molecular formula is C15H26N2O3S. The van der Waals surface area contributed by atoms with Gasteiger partial charge in [0.1, 0.15) is 0 Å².